The number of rotatable bonds is 3. The third-order valence-electron chi connectivity index (χ3n) is 3.22. The van der Waals surface area contributed by atoms with Gasteiger partial charge in [-0.1, -0.05) is 6.07 Å². The first-order valence-corrected chi connectivity index (χ1v) is 7.58. The fraction of sp³-hybridized carbons (Fsp3) is 0.214. The molecule has 3 aromatic rings. The first-order valence-electron chi connectivity index (χ1n) is 6.76. The van der Waals surface area contributed by atoms with Crippen molar-refractivity contribution in [3.05, 3.63) is 40.7 Å². The molecule has 1 N–H and O–H groups in total. The van der Waals surface area contributed by atoms with Gasteiger partial charge in [-0.15, -0.1) is 11.3 Å². The Hall–Kier alpha value is -2.56. The van der Waals surface area contributed by atoms with Crippen molar-refractivity contribution in [3.63, 3.8) is 0 Å². The molecule has 0 aliphatic rings. The summed E-state index contributed by atoms with van der Waals surface area (Å²) < 4.78 is 65.5. The Kier molecular flexibility index (Phi) is 4.19. The van der Waals surface area contributed by atoms with Crippen LogP contribution in [0.3, 0.4) is 0 Å². The van der Waals surface area contributed by atoms with Crippen LogP contribution in [0.2, 0.25) is 0 Å². The first kappa shape index (κ1) is 17.3. The summed E-state index contributed by atoms with van der Waals surface area (Å²) in [5, 5.41) is 4.71. The zero-order valence-corrected chi connectivity index (χ0v) is 13.3. The summed E-state index contributed by atoms with van der Waals surface area (Å²) in [7, 11) is 1.40. The number of amides is 1. The van der Waals surface area contributed by atoms with Crippen molar-refractivity contribution >= 4 is 33.1 Å². The Morgan fingerprint density at radius 2 is 2.04 bits per heavy atom. The molecule has 3 rings (SSSR count). The topological polar surface area (TPSA) is 59.8 Å². The average Bonchev–Trinajstić information content (AvgIpc) is 3.09. The van der Waals surface area contributed by atoms with E-state index in [1.165, 1.54) is 31.4 Å². The second kappa shape index (κ2) is 6.06. The van der Waals surface area contributed by atoms with E-state index in [1.54, 1.807) is 0 Å². The predicted octanol–water partition coefficient (Wildman–Crippen LogP) is 4.24. The van der Waals surface area contributed by atoms with Crippen molar-refractivity contribution in [2.75, 3.05) is 5.32 Å². The molecule has 2 aromatic heterocycles. The van der Waals surface area contributed by atoms with Crippen molar-refractivity contribution in [3.8, 4) is 0 Å². The van der Waals surface area contributed by atoms with Crippen LogP contribution >= 0.6 is 11.3 Å². The average molecular weight is 376 g/mol. The molecule has 5 nitrogen and oxygen atoms in total. The quantitative estimate of drug-likeness (QED) is 0.696. The molecule has 0 aliphatic heterocycles. The lowest BCUT2D eigenvalue weighted by Crippen LogP contribution is -2.13. The van der Waals surface area contributed by atoms with E-state index in [4.69, 9.17) is 0 Å². The van der Waals surface area contributed by atoms with E-state index in [0.29, 0.717) is 11.3 Å². The van der Waals surface area contributed by atoms with Crippen molar-refractivity contribution in [2.45, 2.75) is 12.6 Å². The minimum atomic E-state index is -4.64. The van der Waals surface area contributed by atoms with Gasteiger partial charge in [-0.2, -0.15) is 18.3 Å². The highest BCUT2D eigenvalue weighted by Crippen LogP contribution is 2.36. The molecule has 11 heteroatoms. The molecule has 2 heterocycles. The third-order valence-corrected chi connectivity index (χ3v) is 4.28. The van der Waals surface area contributed by atoms with Crippen molar-refractivity contribution in [1.82, 2.24) is 14.8 Å². The van der Waals surface area contributed by atoms with E-state index in [0.717, 1.165) is 4.68 Å². The summed E-state index contributed by atoms with van der Waals surface area (Å²) in [6.07, 6.45) is -6.37. The molecule has 0 bridgehead atoms. The number of hydrogen-bond acceptors (Lipinski definition) is 4. The molecule has 0 unspecified atom stereocenters. The van der Waals surface area contributed by atoms with Crippen LogP contribution in [0.25, 0.3) is 10.2 Å². The molecule has 1 amide bonds. The van der Waals surface area contributed by atoms with Gasteiger partial charge < -0.3 is 5.32 Å². The summed E-state index contributed by atoms with van der Waals surface area (Å²) in [4.78, 5) is 15.8. The summed E-state index contributed by atoms with van der Waals surface area (Å²) in [5.74, 6) is -0.848. The molecule has 0 aliphatic carbocycles. The minimum absolute atomic E-state index is 0.139. The molecular weight excluding hydrogens is 367 g/mol. The van der Waals surface area contributed by atoms with Crippen LogP contribution in [-0.2, 0) is 13.2 Å². The maximum absolute atomic E-state index is 12.9. The molecular formula is C14H9F5N4OS. The highest BCUT2D eigenvalue weighted by Gasteiger charge is 2.35. The lowest BCUT2D eigenvalue weighted by atomic mass is 10.2. The number of benzene rings is 1. The summed E-state index contributed by atoms with van der Waals surface area (Å²) in [6.45, 7) is 0. The molecule has 1 aromatic carbocycles. The van der Waals surface area contributed by atoms with Gasteiger partial charge in [-0.05, 0) is 12.1 Å². The number of carbonyl (C=O) groups excluding carboxylic acids is 1. The molecule has 0 radical (unpaired) electrons. The van der Waals surface area contributed by atoms with Gasteiger partial charge in [-0.3, -0.25) is 9.48 Å². The van der Waals surface area contributed by atoms with E-state index < -0.39 is 29.2 Å². The van der Waals surface area contributed by atoms with Gasteiger partial charge in [0.15, 0.2) is 10.7 Å². The molecule has 0 spiro atoms. The molecule has 132 valence electrons. The SMILES string of the molecule is Cn1cc(NC(=O)c2cccc3sc(C(F)(F)F)nc23)c(C(F)F)n1. The number of para-hydroxylation sites is 1. The number of alkyl halides is 5. The second-order valence-electron chi connectivity index (χ2n) is 5.03. The fourth-order valence-electron chi connectivity index (χ4n) is 2.21. The largest absolute Gasteiger partial charge is 0.443 e. The number of halogens is 5. The number of nitrogens with zero attached hydrogens (tertiary/aromatic N) is 3. The Morgan fingerprint density at radius 3 is 2.68 bits per heavy atom. The smallest absolute Gasteiger partial charge is 0.319 e. The van der Waals surface area contributed by atoms with Crippen molar-refractivity contribution in [1.29, 1.82) is 0 Å². The number of fused-ring (bicyclic) bond motifs is 1. The summed E-state index contributed by atoms with van der Waals surface area (Å²) in [6, 6.07) is 4.07. The van der Waals surface area contributed by atoms with E-state index in [-0.39, 0.29) is 21.5 Å². The third kappa shape index (κ3) is 3.31. The van der Waals surface area contributed by atoms with Gasteiger partial charge >= 0.3 is 6.18 Å². The Bertz CT molecular complexity index is 946. The van der Waals surface area contributed by atoms with Crippen LogP contribution in [0.4, 0.5) is 27.6 Å². The number of hydrogen-bond donors (Lipinski definition) is 1. The minimum Gasteiger partial charge on any atom is -0.319 e. The van der Waals surface area contributed by atoms with Gasteiger partial charge in [0, 0.05) is 13.2 Å². The summed E-state index contributed by atoms with van der Waals surface area (Å²) in [5.41, 5.74) is -1.13. The first-order chi connectivity index (χ1) is 11.7. The van der Waals surface area contributed by atoms with E-state index in [9.17, 15) is 26.7 Å². The Morgan fingerprint density at radius 1 is 1.32 bits per heavy atom. The number of aromatic nitrogens is 3. The van der Waals surface area contributed by atoms with Crippen LogP contribution in [0.15, 0.2) is 24.4 Å². The normalized spacial score (nSPS) is 12.1. The van der Waals surface area contributed by atoms with Gasteiger partial charge in [-0.25, -0.2) is 13.8 Å². The number of nitrogens with one attached hydrogen (secondary N) is 1. The molecule has 0 saturated heterocycles. The maximum Gasteiger partial charge on any atom is 0.443 e. The fourth-order valence-corrected chi connectivity index (χ4v) is 3.07. The molecule has 0 saturated carbocycles. The van der Waals surface area contributed by atoms with E-state index in [1.807, 2.05) is 0 Å². The molecule has 0 fully saturated rings. The summed E-state index contributed by atoms with van der Waals surface area (Å²) >= 11 is 0.402. The zero-order valence-electron chi connectivity index (χ0n) is 12.4. The highest BCUT2D eigenvalue weighted by atomic mass is 32.1. The van der Waals surface area contributed by atoms with Crippen LogP contribution in [0.5, 0.6) is 0 Å². The van der Waals surface area contributed by atoms with E-state index >= 15 is 0 Å². The monoisotopic (exact) mass is 376 g/mol. The zero-order chi connectivity index (χ0) is 18.4. The maximum atomic E-state index is 12.9. The van der Waals surface area contributed by atoms with Crippen LogP contribution < -0.4 is 5.32 Å². The number of aryl methyl sites for hydroxylation is 1. The number of thiazole rings is 1. The molecule has 25 heavy (non-hydrogen) atoms. The van der Waals surface area contributed by atoms with Gasteiger partial charge in [0.1, 0.15) is 0 Å². The number of anilines is 1. The van der Waals surface area contributed by atoms with Gasteiger partial charge in [0.25, 0.3) is 12.3 Å². The lowest BCUT2D eigenvalue weighted by molar-refractivity contribution is -0.137. The van der Waals surface area contributed by atoms with Crippen LogP contribution in [0, 0.1) is 0 Å². The standard InChI is InChI=1S/C14H9F5N4OS/c1-23-5-7(10(22-23)11(15)16)20-12(24)6-3-2-4-8-9(6)21-13(25-8)14(17,18)19/h2-5,11H,1H3,(H,20,24). The Labute approximate surface area is 141 Å². The molecule has 0 atom stereocenters. The van der Waals surface area contributed by atoms with E-state index in [2.05, 4.69) is 15.4 Å². The van der Waals surface area contributed by atoms with Gasteiger partial charge in [0.2, 0.25) is 0 Å². The van der Waals surface area contributed by atoms with Crippen molar-refractivity contribution in [2.24, 2.45) is 7.05 Å². The van der Waals surface area contributed by atoms with Crippen molar-refractivity contribution < 1.29 is 26.7 Å². The Balaban J connectivity index is 1.99. The number of carbonyl (C=O) groups is 1. The van der Waals surface area contributed by atoms with Crippen LogP contribution in [-0.4, -0.2) is 20.7 Å². The lowest BCUT2D eigenvalue weighted by Gasteiger charge is -2.05. The second-order valence-corrected chi connectivity index (χ2v) is 6.06. The van der Waals surface area contributed by atoms with Gasteiger partial charge in [0.05, 0.1) is 21.5 Å². The highest BCUT2D eigenvalue weighted by molar-refractivity contribution is 7.18. The predicted molar refractivity (Wildman–Crippen MR) is 80.7 cm³/mol. The van der Waals surface area contributed by atoms with Crippen LogP contribution in [0.1, 0.15) is 27.5 Å².